The van der Waals surface area contributed by atoms with Crippen molar-refractivity contribution in [3.63, 3.8) is 0 Å². The van der Waals surface area contributed by atoms with Crippen LogP contribution in [0, 0.1) is 28.6 Å². The van der Waals surface area contributed by atoms with Crippen LogP contribution in [0.5, 0.6) is 0 Å². The lowest BCUT2D eigenvalue weighted by atomic mass is 9.48. The van der Waals surface area contributed by atoms with Gasteiger partial charge in [0.15, 0.2) is 0 Å². The van der Waals surface area contributed by atoms with Crippen LogP contribution in [0.2, 0.25) is 0 Å². The molecule has 3 fully saturated rings. The summed E-state index contributed by atoms with van der Waals surface area (Å²) in [6.45, 7) is 9.25. The molecule has 6 atom stereocenters. The summed E-state index contributed by atoms with van der Waals surface area (Å²) in [5, 5.41) is 11.1. The molecule has 0 aromatic carbocycles. The smallest absolute Gasteiger partial charge is 0.103 e. The van der Waals surface area contributed by atoms with Crippen LogP contribution in [0.3, 0.4) is 0 Å². The molecular formula is C22H34N2O. The average molecular weight is 343 g/mol. The van der Waals surface area contributed by atoms with E-state index in [4.69, 9.17) is 4.99 Å². The molecule has 1 N–H and O–H groups in total. The molecule has 5 aliphatic rings. The molecule has 1 saturated heterocycles. The molecule has 3 aliphatic carbocycles. The molecule has 25 heavy (non-hydrogen) atoms. The number of fused-ring (bicyclic) bond motifs is 7. The highest BCUT2D eigenvalue weighted by Crippen LogP contribution is 2.66. The monoisotopic (exact) mass is 342 g/mol. The van der Waals surface area contributed by atoms with Gasteiger partial charge in [-0.3, -0.25) is 4.99 Å². The molecule has 138 valence electrons. The van der Waals surface area contributed by atoms with Gasteiger partial charge in [-0.15, -0.1) is 0 Å². The van der Waals surface area contributed by atoms with E-state index in [9.17, 15) is 5.11 Å². The number of aliphatic imine (C=N–C) groups is 1. The fraction of sp³-hybridized carbons (Fsp3) is 0.864. The Labute approximate surface area is 152 Å². The Kier molecular flexibility index (Phi) is 3.35. The molecule has 0 unspecified atom stereocenters. The highest BCUT2D eigenvalue weighted by Gasteiger charge is 2.62. The van der Waals surface area contributed by atoms with Crippen LogP contribution < -0.4 is 0 Å². The third kappa shape index (κ3) is 1.99. The third-order valence-corrected chi connectivity index (χ3v) is 9.29. The van der Waals surface area contributed by atoms with Crippen molar-refractivity contribution >= 4 is 5.84 Å². The molecular weight excluding hydrogens is 308 g/mol. The van der Waals surface area contributed by atoms with Gasteiger partial charge >= 0.3 is 0 Å². The van der Waals surface area contributed by atoms with Crippen molar-refractivity contribution in [3.8, 4) is 0 Å². The van der Waals surface area contributed by atoms with Crippen LogP contribution >= 0.6 is 0 Å². The molecule has 0 aromatic rings. The predicted octanol–water partition coefficient (Wildman–Crippen LogP) is 4.37. The van der Waals surface area contributed by atoms with Gasteiger partial charge in [0, 0.05) is 30.6 Å². The fourth-order valence-electron chi connectivity index (χ4n) is 7.55. The van der Waals surface area contributed by atoms with Crippen molar-refractivity contribution < 1.29 is 5.11 Å². The van der Waals surface area contributed by atoms with Crippen LogP contribution in [-0.2, 0) is 0 Å². The lowest BCUT2D eigenvalue weighted by molar-refractivity contribution is -0.114. The first-order chi connectivity index (χ1) is 11.9. The van der Waals surface area contributed by atoms with E-state index >= 15 is 0 Å². The number of amidine groups is 1. The van der Waals surface area contributed by atoms with Gasteiger partial charge in [0.2, 0.25) is 0 Å². The lowest BCUT2D eigenvalue weighted by Crippen LogP contribution is -2.56. The Morgan fingerprint density at radius 1 is 1.12 bits per heavy atom. The van der Waals surface area contributed by atoms with Gasteiger partial charge in [-0.2, -0.15) is 0 Å². The number of hydrogen-bond acceptors (Lipinski definition) is 3. The lowest BCUT2D eigenvalue weighted by Gasteiger charge is -2.60. The zero-order chi connectivity index (χ0) is 17.4. The standard InChI is InChI=1S/C22H34N2O/c1-20-10-9-19-23-13-4-14-24(19)18(20)6-5-15-16(20)7-11-21(2)17(15)8-12-22(21,3)25/h6,15-17,25H,4-5,7-14H2,1-3H3/t15-,16-,17+,20-,21+,22+/m0/s1. The largest absolute Gasteiger partial charge is 0.390 e. The second-order valence-corrected chi connectivity index (χ2v) is 10.2. The van der Waals surface area contributed by atoms with E-state index in [0.717, 1.165) is 31.2 Å². The minimum atomic E-state index is -0.465. The summed E-state index contributed by atoms with van der Waals surface area (Å²) < 4.78 is 0. The summed E-state index contributed by atoms with van der Waals surface area (Å²) in [4.78, 5) is 7.41. The van der Waals surface area contributed by atoms with E-state index in [1.165, 1.54) is 50.9 Å². The van der Waals surface area contributed by atoms with Crippen LogP contribution in [0.4, 0.5) is 0 Å². The summed E-state index contributed by atoms with van der Waals surface area (Å²) in [5.74, 6) is 3.62. The van der Waals surface area contributed by atoms with Crippen molar-refractivity contribution in [2.75, 3.05) is 13.1 Å². The van der Waals surface area contributed by atoms with Crippen molar-refractivity contribution in [1.29, 1.82) is 0 Å². The molecule has 2 aliphatic heterocycles. The molecule has 0 radical (unpaired) electrons. The Morgan fingerprint density at radius 3 is 2.76 bits per heavy atom. The van der Waals surface area contributed by atoms with Gasteiger partial charge < -0.3 is 10.0 Å². The molecule has 2 heterocycles. The van der Waals surface area contributed by atoms with E-state index < -0.39 is 5.60 Å². The number of allylic oxidation sites excluding steroid dienone is 2. The number of nitrogens with zero attached hydrogens (tertiary/aromatic N) is 2. The Bertz CT molecular complexity index is 650. The fourth-order valence-corrected chi connectivity index (χ4v) is 7.55. The molecule has 0 spiro atoms. The predicted molar refractivity (Wildman–Crippen MR) is 101 cm³/mol. The maximum absolute atomic E-state index is 11.1. The second-order valence-electron chi connectivity index (χ2n) is 10.2. The first kappa shape index (κ1) is 16.4. The summed E-state index contributed by atoms with van der Waals surface area (Å²) in [6, 6.07) is 0. The van der Waals surface area contributed by atoms with E-state index in [1.807, 2.05) is 0 Å². The molecule has 3 nitrogen and oxygen atoms in total. The Morgan fingerprint density at radius 2 is 1.92 bits per heavy atom. The van der Waals surface area contributed by atoms with Gasteiger partial charge in [0.05, 0.1) is 5.60 Å². The van der Waals surface area contributed by atoms with E-state index in [0.29, 0.717) is 11.3 Å². The maximum Gasteiger partial charge on any atom is 0.103 e. The first-order valence-corrected chi connectivity index (χ1v) is 10.6. The van der Waals surface area contributed by atoms with Gasteiger partial charge in [-0.05, 0) is 75.0 Å². The van der Waals surface area contributed by atoms with Gasteiger partial charge in [0.25, 0.3) is 0 Å². The van der Waals surface area contributed by atoms with Gasteiger partial charge in [-0.25, -0.2) is 0 Å². The minimum Gasteiger partial charge on any atom is -0.390 e. The van der Waals surface area contributed by atoms with Crippen LogP contribution in [0.15, 0.2) is 16.8 Å². The molecule has 5 rings (SSSR count). The number of aliphatic hydroxyl groups is 1. The van der Waals surface area contributed by atoms with Crippen molar-refractivity contribution in [2.24, 2.45) is 33.6 Å². The topological polar surface area (TPSA) is 35.8 Å². The van der Waals surface area contributed by atoms with Crippen molar-refractivity contribution in [3.05, 3.63) is 11.8 Å². The summed E-state index contributed by atoms with van der Waals surface area (Å²) in [6.07, 6.45) is 12.2. The summed E-state index contributed by atoms with van der Waals surface area (Å²) in [5.41, 5.74) is 1.59. The Balaban J connectivity index is 1.52. The molecule has 0 bridgehead atoms. The summed E-state index contributed by atoms with van der Waals surface area (Å²) >= 11 is 0. The number of piperidine rings is 1. The first-order valence-electron chi connectivity index (χ1n) is 10.6. The molecule has 2 saturated carbocycles. The number of hydrogen-bond donors (Lipinski definition) is 1. The highest BCUT2D eigenvalue weighted by molar-refractivity contribution is 5.86. The second kappa shape index (κ2) is 5.12. The summed E-state index contributed by atoms with van der Waals surface area (Å²) in [7, 11) is 0. The minimum absolute atomic E-state index is 0.127. The molecule has 3 heteroatoms. The van der Waals surface area contributed by atoms with Crippen molar-refractivity contribution in [2.45, 2.75) is 77.7 Å². The van der Waals surface area contributed by atoms with Gasteiger partial charge in [-0.1, -0.05) is 19.9 Å². The van der Waals surface area contributed by atoms with Crippen molar-refractivity contribution in [1.82, 2.24) is 4.90 Å². The average Bonchev–Trinajstić information content (AvgIpc) is 2.84. The van der Waals surface area contributed by atoms with E-state index in [2.05, 4.69) is 31.7 Å². The zero-order valence-electron chi connectivity index (χ0n) is 16.2. The van der Waals surface area contributed by atoms with Crippen LogP contribution in [0.25, 0.3) is 0 Å². The maximum atomic E-state index is 11.1. The normalized spacial score (nSPS) is 51.7. The van der Waals surface area contributed by atoms with E-state index in [-0.39, 0.29) is 5.41 Å². The molecule has 0 amide bonds. The molecule has 0 aromatic heterocycles. The third-order valence-electron chi connectivity index (χ3n) is 9.29. The quantitative estimate of drug-likeness (QED) is 0.709. The zero-order valence-corrected chi connectivity index (χ0v) is 16.2. The SMILES string of the molecule is C[C@@]12CCC3=NCCCN3C1=CC[C@@H]1[C@H]3CC[C@@](C)(O)[C@]3(C)CC[C@@H]12. The van der Waals surface area contributed by atoms with Gasteiger partial charge in [0.1, 0.15) is 5.84 Å². The van der Waals surface area contributed by atoms with E-state index in [1.54, 1.807) is 5.70 Å². The van der Waals surface area contributed by atoms with Crippen LogP contribution in [0.1, 0.15) is 72.1 Å². The Hall–Kier alpha value is -0.830. The highest BCUT2D eigenvalue weighted by atomic mass is 16.3. The van der Waals surface area contributed by atoms with Crippen LogP contribution in [-0.4, -0.2) is 34.5 Å². The number of rotatable bonds is 0.